The molecule has 0 radical (unpaired) electrons. The number of carboxylic acid groups (broad SMARTS) is 1. The average Bonchev–Trinajstić information content (AvgIpc) is 3.06. The van der Waals surface area contributed by atoms with E-state index >= 15 is 0 Å². The molecule has 0 bridgehead atoms. The molecule has 1 aliphatic rings. The molecule has 1 fully saturated rings. The van der Waals surface area contributed by atoms with Crippen molar-refractivity contribution in [2.24, 2.45) is 0 Å². The van der Waals surface area contributed by atoms with Crippen molar-refractivity contribution in [3.05, 3.63) is 12.7 Å². The van der Waals surface area contributed by atoms with Crippen molar-refractivity contribution in [2.75, 3.05) is 11.4 Å². The number of aromatic amines is 1. The highest BCUT2D eigenvalue weighted by Gasteiger charge is 2.31. The maximum absolute atomic E-state index is 10.7. The van der Waals surface area contributed by atoms with Crippen LogP contribution in [0.4, 0.5) is 5.82 Å². The first kappa shape index (κ1) is 10.9. The number of hydrogen-bond donors (Lipinski definition) is 2. The van der Waals surface area contributed by atoms with E-state index in [0.717, 1.165) is 24.2 Å². The van der Waals surface area contributed by atoms with Gasteiger partial charge in [-0.3, -0.25) is 4.79 Å². The Labute approximate surface area is 103 Å². The molecule has 0 aliphatic heterocycles. The molecule has 2 heterocycles. The van der Waals surface area contributed by atoms with Crippen LogP contribution in [-0.2, 0) is 4.79 Å². The van der Waals surface area contributed by atoms with Crippen LogP contribution in [0.3, 0.4) is 0 Å². The summed E-state index contributed by atoms with van der Waals surface area (Å²) in [6.07, 6.45) is 5.31. The van der Waals surface area contributed by atoms with Crippen LogP contribution >= 0.6 is 0 Å². The minimum Gasteiger partial charge on any atom is -0.481 e. The molecular formula is C11H13N5O2. The fourth-order valence-corrected chi connectivity index (χ4v) is 2.03. The Morgan fingerprint density at radius 3 is 3.00 bits per heavy atom. The van der Waals surface area contributed by atoms with Gasteiger partial charge in [-0.2, -0.15) is 0 Å². The first-order valence-electron chi connectivity index (χ1n) is 5.88. The third-order valence-corrected chi connectivity index (χ3v) is 3.03. The average molecular weight is 247 g/mol. The van der Waals surface area contributed by atoms with Crippen molar-refractivity contribution in [1.82, 2.24) is 19.9 Å². The Morgan fingerprint density at radius 2 is 2.28 bits per heavy atom. The molecule has 7 nitrogen and oxygen atoms in total. The number of rotatable bonds is 5. The SMILES string of the molecule is O=C(O)CCN(c1ncnc2nc[nH]c12)C1CC1. The Bertz CT molecular complexity index is 578. The second-order valence-electron chi connectivity index (χ2n) is 4.37. The monoisotopic (exact) mass is 247 g/mol. The summed E-state index contributed by atoms with van der Waals surface area (Å²) in [5.74, 6) is -0.0446. The lowest BCUT2D eigenvalue weighted by atomic mass is 10.3. The van der Waals surface area contributed by atoms with Crippen LogP contribution in [0.5, 0.6) is 0 Å². The molecule has 3 rings (SSSR count). The highest BCUT2D eigenvalue weighted by Crippen LogP contribution is 2.32. The van der Waals surface area contributed by atoms with E-state index in [9.17, 15) is 4.79 Å². The summed E-state index contributed by atoms with van der Waals surface area (Å²) in [5, 5.41) is 8.81. The first-order valence-corrected chi connectivity index (χ1v) is 5.88. The van der Waals surface area contributed by atoms with Crippen molar-refractivity contribution in [3.8, 4) is 0 Å². The molecule has 1 aliphatic carbocycles. The Kier molecular flexibility index (Phi) is 2.58. The lowest BCUT2D eigenvalue weighted by molar-refractivity contribution is -0.136. The Hall–Kier alpha value is -2.18. The molecule has 7 heteroatoms. The van der Waals surface area contributed by atoms with E-state index in [-0.39, 0.29) is 6.42 Å². The van der Waals surface area contributed by atoms with E-state index in [1.165, 1.54) is 6.33 Å². The van der Waals surface area contributed by atoms with E-state index in [4.69, 9.17) is 5.11 Å². The molecule has 2 aromatic heterocycles. The van der Waals surface area contributed by atoms with Gasteiger partial charge in [0.15, 0.2) is 11.5 Å². The van der Waals surface area contributed by atoms with Gasteiger partial charge in [-0.05, 0) is 12.8 Å². The summed E-state index contributed by atoms with van der Waals surface area (Å²) in [6.45, 7) is 0.463. The lowest BCUT2D eigenvalue weighted by Gasteiger charge is -2.22. The van der Waals surface area contributed by atoms with Gasteiger partial charge in [0.1, 0.15) is 11.8 Å². The number of aromatic nitrogens is 4. The molecule has 0 aromatic carbocycles. The third kappa shape index (κ3) is 1.99. The van der Waals surface area contributed by atoms with Gasteiger partial charge in [0.25, 0.3) is 0 Å². The zero-order valence-electron chi connectivity index (χ0n) is 9.70. The number of H-pyrrole nitrogens is 1. The molecule has 0 atom stereocenters. The number of nitrogens with zero attached hydrogens (tertiary/aromatic N) is 4. The fourth-order valence-electron chi connectivity index (χ4n) is 2.03. The van der Waals surface area contributed by atoms with E-state index in [0.29, 0.717) is 18.2 Å². The second kappa shape index (κ2) is 4.25. The van der Waals surface area contributed by atoms with Crippen molar-refractivity contribution in [2.45, 2.75) is 25.3 Å². The van der Waals surface area contributed by atoms with Crippen molar-refractivity contribution in [3.63, 3.8) is 0 Å². The van der Waals surface area contributed by atoms with E-state index in [1.54, 1.807) is 6.33 Å². The van der Waals surface area contributed by atoms with E-state index < -0.39 is 5.97 Å². The van der Waals surface area contributed by atoms with Crippen LogP contribution in [0.2, 0.25) is 0 Å². The minimum absolute atomic E-state index is 0.107. The minimum atomic E-state index is -0.796. The zero-order chi connectivity index (χ0) is 12.5. The number of hydrogen-bond acceptors (Lipinski definition) is 5. The van der Waals surface area contributed by atoms with Gasteiger partial charge in [-0.1, -0.05) is 0 Å². The third-order valence-electron chi connectivity index (χ3n) is 3.03. The fraction of sp³-hybridized carbons (Fsp3) is 0.455. The Balaban J connectivity index is 1.93. The molecular weight excluding hydrogens is 234 g/mol. The van der Waals surface area contributed by atoms with E-state index in [1.807, 2.05) is 4.90 Å². The zero-order valence-corrected chi connectivity index (χ0v) is 9.70. The smallest absolute Gasteiger partial charge is 0.305 e. The molecule has 1 saturated carbocycles. The highest BCUT2D eigenvalue weighted by atomic mass is 16.4. The maximum atomic E-state index is 10.7. The van der Waals surface area contributed by atoms with Crippen LogP contribution in [0.1, 0.15) is 19.3 Å². The molecule has 0 saturated heterocycles. The van der Waals surface area contributed by atoms with Crippen LogP contribution in [0.25, 0.3) is 11.2 Å². The number of fused-ring (bicyclic) bond motifs is 1. The van der Waals surface area contributed by atoms with Gasteiger partial charge >= 0.3 is 5.97 Å². The Morgan fingerprint density at radius 1 is 1.44 bits per heavy atom. The topological polar surface area (TPSA) is 95.0 Å². The summed E-state index contributed by atoms with van der Waals surface area (Å²) in [4.78, 5) is 28.2. The molecule has 18 heavy (non-hydrogen) atoms. The number of nitrogens with one attached hydrogen (secondary N) is 1. The number of imidazole rings is 1. The normalized spacial score (nSPS) is 14.9. The van der Waals surface area contributed by atoms with Gasteiger partial charge < -0.3 is 15.0 Å². The predicted molar refractivity (Wildman–Crippen MR) is 64.3 cm³/mol. The van der Waals surface area contributed by atoms with E-state index in [2.05, 4.69) is 19.9 Å². The summed E-state index contributed by atoms with van der Waals surface area (Å²) in [6, 6.07) is 0.394. The van der Waals surface area contributed by atoms with Gasteiger partial charge in [-0.25, -0.2) is 15.0 Å². The van der Waals surface area contributed by atoms with Gasteiger partial charge in [0, 0.05) is 12.6 Å². The van der Waals surface area contributed by atoms with Crippen molar-refractivity contribution in [1.29, 1.82) is 0 Å². The highest BCUT2D eigenvalue weighted by molar-refractivity contribution is 5.83. The van der Waals surface area contributed by atoms with Crippen LogP contribution < -0.4 is 4.90 Å². The summed E-state index contributed by atoms with van der Waals surface area (Å²) in [7, 11) is 0. The quantitative estimate of drug-likeness (QED) is 0.811. The van der Waals surface area contributed by atoms with Crippen LogP contribution in [0, 0.1) is 0 Å². The summed E-state index contributed by atoms with van der Waals surface area (Å²) >= 11 is 0. The number of carboxylic acids is 1. The van der Waals surface area contributed by atoms with Crippen LogP contribution in [-0.4, -0.2) is 43.6 Å². The maximum Gasteiger partial charge on any atom is 0.305 e. The summed E-state index contributed by atoms with van der Waals surface area (Å²) < 4.78 is 0. The molecule has 2 N–H and O–H groups in total. The van der Waals surface area contributed by atoms with Gasteiger partial charge in [0.2, 0.25) is 0 Å². The summed E-state index contributed by atoms with van der Waals surface area (Å²) in [5.41, 5.74) is 1.38. The van der Waals surface area contributed by atoms with Gasteiger partial charge in [0.05, 0.1) is 12.7 Å². The first-order chi connectivity index (χ1) is 8.75. The number of aliphatic carboxylic acids is 1. The largest absolute Gasteiger partial charge is 0.481 e. The van der Waals surface area contributed by atoms with Gasteiger partial charge in [-0.15, -0.1) is 0 Å². The van der Waals surface area contributed by atoms with Crippen molar-refractivity contribution >= 4 is 23.0 Å². The predicted octanol–water partition coefficient (Wildman–Crippen LogP) is 0.796. The molecule has 0 unspecified atom stereocenters. The molecule has 94 valence electrons. The number of carbonyl (C=O) groups is 1. The molecule has 2 aromatic rings. The number of anilines is 1. The van der Waals surface area contributed by atoms with Crippen LogP contribution in [0.15, 0.2) is 12.7 Å². The van der Waals surface area contributed by atoms with Crippen molar-refractivity contribution < 1.29 is 9.90 Å². The lowest BCUT2D eigenvalue weighted by Crippen LogP contribution is -2.29. The molecule has 0 amide bonds. The molecule has 0 spiro atoms. The second-order valence-corrected chi connectivity index (χ2v) is 4.37. The standard InChI is InChI=1S/C11H13N5O2/c17-8(18)3-4-16(7-1-2-7)11-9-10(13-5-12-9)14-6-15-11/h5-7H,1-4H2,(H,17,18)(H,12,13,14,15).